The zero-order valence-corrected chi connectivity index (χ0v) is 9.55. The standard InChI is InChI=1S/C9H11N3O4S/c10-9(11)12-16-8(13)6-17(14,15)7-4-2-1-3-5-7/h1-5H,6H2,(H4,10,11,12). The van der Waals surface area contributed by atoms with Crippen molar-refractivity contribution in [3.8, 4) is 0 Å². The van der Waals surface area contributed by atoms with Gasteiger partial charge in [-0.05, 0) is 17.3 Å². The van der Waals surface area contributed by atoms with Gasteiger partial charge in [-0.2, -0.15) is 0 Å². The first-order valence-corrected chi connectivity index (χ1v) is 6.13. The molecular formula is C9H11N3O4S. The third-order valence-corrected chi connectivity index (χ3v) is 3.27. The predicted octanol–water partition coefficient (Wildman–Crippen LogP) is -0.808. The molecule has 7 nitrogen and oxygen atoms in total. The molecule has 1 aromatic rings. The highest BCUT2D eigenvalue weighted by Gasteiger charge is 2.20. The van der Waals surface area contributed by atoms with E-state index >= 15 is 0 Å². The van der Waals surface area contributed by atoms with E-state index in [0.29, 0.717) is 0 Å². The van der Waals surface area contributed by atoms with Crippen LogP contribution in [0.5, 0.6) is 0 Å². The number of carbonyl (C=O) groups is 1. The van der Waals surface area contributed by atoms with Gasteiger partial charge in [-0.25, -0.2) is 13.2 Å². The lowest BCUT2D eigenvalue weighted by Crippen LogP contribution is -2.25. The Kier molecular flexibility index (Phi) is 4.05. The molecule has 0 unspecified atom stereocenters. The van der Waals surface area contributed by atoms with E-state index in [9.17, 15) is 13.2 Å². The molecule has 0 bridgehead atoms. The van der Waals surface area contributed by atoms with E-state index in [2.05, 4.69) is 9.99 Å². The summed E-state index contributed by atoms with van der Waals surface area (Å²) in [6.07, 6.45) is 0. The Morgan fingerprint density at radius 2 is 1.82 bits per heavy atom. The Labute approximate surface area is 98.0 Å². The highest BCUT2D eigenvalue weighted by molar-refractivity contribution is 7.92. The number of guanidine groups is 1. The molecule has 4 N–H and O–H groups in total. The van der Waals surface area contributed by atoms with E-state index in [1.807, 2.05) is 0 Å². The number of rotatable bonds is 4. The van der Waals surface area contributed by atoms with Crippen molar-refractivity contribution in [3.63, 3.8) is 0 Å². The first-order chi connectivity index (χ1) is 7.92. The van der Waals surface area contributed by atoms with Gasteiger partial charge in [-0.1, -0.05) is 18.2 Å². The van der Waals surface area contributed by atoms with E-state index in [1.54, 1.807) is 18.2 Å². The Hall–Kier alpha value is -2.09. The summed E-state index contributed by atoms with van der Waals surface area (Å²) >= 11 is 0. The number of nitrogens with two attached hydrogens (primary N) is 2. The lowest BCUT2D eigenvalue weighted by atomic mass is 10.4. The lowest BCUT2D eigenvalue weighted by molar-refractivity contribution is -0.140. The van der Waals surface area contributed by atoms with Gasteiger partial charge in [-0.15, -0.1) is 0 Å². The van der Waals surface area contributed by atoms with Gasteiger partial charge in [0.25, 0.3) is 0 Å². The predicted molar refractivity (Wildman–Crippen MR) is 60.4 cm³/mol. The van der Waals surface area contributed by atoms with Crippen LogP contribution in [0, 0.1) is 0 Å². The highest BCUT2D eigenvalue weighted by Crippen LogP contribution is 2.10. The van der Waals surface area contributed by atoms with Crippen LogP contribution in [0.2, 0.25) is 0 Å². The van der Waals surface area contributed by atoms with Crippen LogP contribution in [0.4, 0.5) is 0 Å². The van der Waals surface area contributed by atoms with Gasteiger partial charge in [0.15, 0.2) is 15.6 Å². The van der Waals surface area contributed by atoms with Gasteiger partial charge < -0.3 is 16.3 Å². The summed E-state index contributed by atoms with van der Waals surface area (Å²) in [4.78, 5) is 15.3. The maximum atomic E-state index is 11.7. The van der Waals surface area contributed by atoms with E-state index in [1.165, 1.54) is 12.1 Å². The summed E-state index contributed by atoms with van der Waals surface area (Å²) in [5.74, 6) is -2.34. The van der Waals surface area contributed by atoms with E-state index in [0.717, 1.165) is 0 Å². The van der Waals surface area contributed by atoms with Crippen molar-refractivity contribution >= 4 is 21.8 Å². The number of hydrogen-bond donors (Lipinski definition) is 2. The normalized spacial score (nSPS) is 10.6. The fourth-order valence-corrected chi connectivity index (χ4v) is 2.10. The molecule has 92 valence electrons. The average Bonchev–Trinajstić information content (AvgIpc) is 2.27. The third-order valence-electron chi connectivity index (χ3n) is 1.66. The molecule has 17 heavy (non-hydrogen) atoms. The van der Waals surface area contributed by atoms with Crippen LogP contribution in [-0.4, -0.2) is 26.1 Å². The molecule has 0 spiro atoms. The molecule has 0 aliphatic heterocycles. The van der Waals surface area contributed by atoms with Crippen LogP contribution < -0.4 is 11.5 Å². The molecule has 0 radical (unpaired) electrons. The van der Waals surface area contributed by atoms with Crippen molar-refractivity contribution < 1.29 is 18.0 Å². The molecule has 1 aromatic carbocycles. The van der Waals surface area contributed by atoms with Crippen molar-refractivity contribution in [1.29, 1.82) is 0 Å². The van der Waals surface area contributed by atoms with Gasteiger partial charge in [0.2, 0.25) is 5.96 Å². The number of hydrogen-bond acceptors (Lipinski definition) is 5. The molecule has 0 fully saturated rings. The third kappa shape index (κ3) is 4.11. The second-order valence-corrected chi connectivity index (χ2v) is 5.04. The zero-order valence-electron chi connectivity index (χ0n) is 8.74. The second kappa shape index (κ2) is 5.30. The van der Waals surface area contributed by atoms with Crippen LogP contribution in [-0.2, 0) is 19.5 Å². The molecule has 0 amide bonds. The van der Waals surface area contributed by atoms with Gasteiger partial charge >= 0.3 is 5.97 Å². The Balaban J connectivity index is 2.75. The summed E-state index contributed by atoms with van der Waals surface area (Å²) < 4.78 is 23.4. The smallest absolute Gasteiger partial charge is 0.350 e. The van der Waals surface area contributed by atoms with Crippen LogP contribution in [0.3, 0.4) is 0 Å². The number of carbonyl (C=O) groups excluding carboxylic acids is 1. The number of sulfone groups is 1. The quantitative estimate of drug-likeness (QED) is 0.314. The summed E-state index contributed by atoms with van der Waals surface area (Å²) in [7, 11) is -3.73. The maximum absolute atomic E-state index is 11.7. The monoisotopic (exact) mass is 257 g/mol. The molecule has 0 aliphatic carbocycles. The van der Waals surface area contributed by atoms with Crippen LogP contribution >= 0.6 is 0 Å². The molecule has 0 aromatic heterocycles. The molecule has 1 rings (SSSR count). The SMILES string of the molecule is NC(N)=NOC(=O)CS(=O)(=O)c1ccccc1. The molecule has 0 saturated heterocycles. The molecule has 0 aliphatic rings. The molecule has 0 saturated carbocycles. The fourth-order valence-electron chi connectivity index (χ4n) is 0.996. The second-order valence-electron chi connectivity index (χ2n) is 3.05. The Morgan fingerprint density at radius 1 is 1.24 bits per heavy atom. The lowest BCUT2D eigenvalue weighted by Gasteiger charge is -2.01. The van der Waals surface area contributed by atoms with Crippen LogP contribution in [0.1, 0.15) is 0 Å². The van der Waals surface area contributed by atoms with Crippen molar-refractivity contribution in [2.24, 2.45) is 16.6 Å². The van der Waals surface area contributed by atoms with Gasteiger partial charge in [0.05, 0.1) is 4.90 Å². The molecule has 8 heteroatoms. The van der Waals surface area contributed by atoms with Gasteiger partial charge in [0.1, 0.15) is 0 Å². The fraction of sp³-hybridized carbons (Fsp3) is 0.111. The minimum atomic E-state index is -3.73. The largest absolute Gasteiger partial charge is 0.367 e. The highest BCUT2D eigenvalue weighted by atomic mass is 32.2. The van der Waals surface area contributed by atoms with Crippen LogP contribution in [0.25, 0.3) is 0 Å². The zero-order chi connectivity index (χ0) is 12.9. The average molecular weight is 257 g/mol. The molecule has 0 atom stereocenters. The van der Waals surface area contributed by atoms with Crippen molar-refractivity contribution in [1.82, 2.24) is 0 Å². The first-order valence-electron chi connectivity index (χ1n) is 4.48. The minimum absolute atomic E-state index is 0.0293. The number of oxime groups is 1. The van der Waals surface area contributed by atoms with E-state index in [-0.39, 0.29) is 4.90 Å². The minimum Gasteiger partial charge on any atom is -0.367 e. The Morgan fingerprint density at radius 3 is 2.35 bits per heavy atom. The van der Waals surface area contributed by atoms with Crippen molar-refractivity contribution in [3.05, 3.63) is 30.3 Å². The Bertz CT molecular complexity index is 520. The van der Waals surface area contributed by atoms with E-state index in [4.69, 9.17) is 11.5 Å². The van der Waals surface area contributed by atoms with Gasteiger partial charge in [0, 0.05) is 0 Å². The number of benzene rings is 1. The van der Waals surface area contributed by atoms with Gasteiger partial charge in [-0.3, -0.25) is 0 Å². The summed E-state index contributed by atoms with van der Waals surface area (Å²) in [5.41, 5.74) is 9.83. The van der Waals surface area contributed by atoms with Crippen molar-refractivity contribution in [2.75, 3.05) is 5.75 Å². The van der Waals surface area contributed by atoms with Crippen molar-refractivity contribution in [2.45, 2.75) is 4.90 Å². The summed E-state index contributed by atoms with van der Waals surface area (Å²) in [6, 6.07) is 7.52. The molecule has 0 heterocycles. The summed E-state index contributed by atoms with van der Waals surface area (Å²) in [5, 5.41) is 2.96. The topological polar surface area (TPSA) is 125 Å². The maximum Gasteiger partial charge on any atom is 0.350 e. The number of nitrogens with zero attached hydrogens (tertiary/aromatic N) is 1. The van der Waals surface area contributed by atoms with E-state index < -0.39 is 27.5 Å². The molecular weight excluding hydrogens is 246 g/mol. The summed E-state index contributed by atoms with van der Waals surface area (Å²) in [6.45, 7) is 0. The first kappa shape index (κ1) is 13.0. The van der Waals surface area contributed by atoms with Crippen LogP contribution in [0.15, 0.2) is 40.4 Å².